The number of nitrogens with one attached hydrogen (secondary N) is 1. The maximum absolute atomic E-state index is 12.9. The summed E-state index contributed by atoms with van der Waals surface area (Å²) >= 11 is 0. The largest absolute Gasteiger partial charge is 0.356 e. The standard InChI is InChI=1S/C26H42N2O2/c1-21(20-26(2,3)4)19-24(29)27-17-10-18-28(23-13-6-5-7-14-23)25(30)16-15-22-11-8-9-12-22/h5-7,13-14,21-22H,8-12,15-20H2,1-4H3,(H,27,29). The first-order chi connectivity index (χ1) is 14.2. The van der Waals surface area contributed by atoms with Crippen LogP contribution in [0.4, 0.5) is 5.69 Å². The summed E-state index contributed by atoms with van der Waals surface area (Å²) in [6.07, 6.45) is 9.18. The van der Waals surface area contributed by atoms with E-state index in [9.17, 15) is 9.59 Å². The maximum Gasteiger partial charge on any atom is 0.226 e. The van der Waals surface area contributed by atoms with Gasteiger partial charge in [-0.25, -0.2) is 0 Å². The average molecular weight is 415 g/mol. The number of hydrogen-bond donors (Lipinski definition) is 1. The van der Waals surface area contributed by atoms with Crippen molar-refractivity contribution >= 4 is 17.5 Å². The Kier molecular flexibility index (Phi) is 9.87. The highest BCUT2D eigenvalue weighted by atomic mass is 16.2. The smallest absolute Gasteiger partial charge is 0.226 e. The first-order valence-corrected chi connectivity index (χ1v) is 11.9. The molecule has 0 aliphatic heterocycles. The zero-order valence-corrected chi connectivity index (χ0v) is 19.6. The van der Waals surface area contributed by atoms with Crippen LogP contribution in [-0.4, -0.2) is 24.9 Å². The molecule has 0 spiro atoms. The molecule has 1 aliphatic carbocycles. The van der Waals surface area contributed by atoms with Crippen LogP contribution >= 0.6 is 0 Å². The third-order valence-corrected chi connectivity index (χ3v) is 5.99. The van der Waals surface area contributed by atoms with Gasteiger partial charge in [-0.3, -0.25) is 9.59 Å². The molecule has 1 saturated carbocycles. The lowest BCUT2D eigenvalue weighted by atomic mass is 9.84. The zero-order chi connectivity index (χ0) is 22.0. The monoisotopic (exact) mass is 414 g/mol. The fourth-order valence-electron chi connectivity index (χ4n) is 4.74. The number of benzene rings is 1. The summed E-state index contributed by atoms with van der Waals surface area (Å²) in [5.74, 6) is 1.42. The van der Waals surface area contributed by atoms with Crippen LogP contribution in [0.5, 0.6) is 0 Å². The van der Waals surface area contributed by atoms with Crippen molar-refractivity contribution in [2.45, 2.75) is 85.5 Å². The van der Waals surface area contributed by atoms with Crippen molar-refractivity contribution in [3.63, 3.8) is 0 Å². The Morgan fingerprint density at radius 2 is 1.80 bits per heavy atom. The normalized spacial score (nSPS) is 15.7. The molecule has 30 heavy (non-hydrogen) atoms. The first-order valence-electron chi connectivity index (χ1n) is 11.9. The second-order valence-corrected chi connectivity index (χ2v) is 10.3. The van der Waals surface area contributed by atoms with Crippen LogP contribution in [0.15, 0.2) is 30.3 Å². The van der Waals surface area contributed by atoms with Crippen LogP contribution in [0.25, 0.3) is 0 Å². The summed E-state index contributed by atoms with van der Waals surface area (Å²) in [6.45, 7) is 10.0. The van der Waals surface area contributed by atoms with Gasteiger partial charge in [0.15, 0.2) is 0 Å². The van der Waals surface area contributed by atoms with E-state index in [2.05, 4.69) is 33.0 Å². The van der Waals surface area contributed by atoms with Gasteiger partial charge < -0.3 is 10.2 Å². The number of nitrogens with zero attached hydrogens (tertiary/aromatic N) is 1. The molecule has 1 fully saturated rings. The van der Waals surface area contributed by atoms with Crippen LogP contribution in [-0.2, 0) is 9.59 Å². The van der Waals surface area contributed by atoms with E-state index in [-0.39, 0.29) is 17.2 Å². The molecule has 1 N–H and O–H groups in total. The highest BCUT2D eigenvalue weighted by Crippen LogP contribution is 2.29. The fraction of sp³-hybridized carbons (Fsp3) is 0.692. The van der Waals surface area contributed by atoms with E-state index < -0.39 is 0 Å². The Hall–Kier alpha value is -1.84. The summed E-state index contributed by atoms with van der Waals surface area (Å²) in [6, 6.07) is 9.93. The highest BCUT2D eigenvalue weighted by Gasteiger charge is 2.20. The van der Waals surface area contributed by atoms with E-state index in [1.54, 1.807) is 0 Å². The number of para-hydroxylation sites is 1. The highest BCUT2D eigenvalue weighted by molar-refractivity contribution is 5.93. The summed E-state index contributed by atoms with van der Waals surface area (Å²) in [4.78, 5) is 27.1. The van der Waals surface area contributed by atoms with Gasteiger partial charge in [-0.05, 0) is 48.6 Å². The molecule has 0 radical (unpaired) electrons. The molecule has 2 amide bonds. The van der Waals surface area contributed by atoms with Gasteiger partial charge in [0.1, 0.15) is 0 Å². The molecule has 2 rings (SSSR count). The first kappa shape index (κ1) is 24.4. The lowest BCUT2D eigenvalue weighted by Crippen LogP contribution is -2.35. The van der Waals surface area contributed by atoms with E-state index in [1.165, 1.54) is 25.7 Å². The maximum atomic E-state index is 12.9. The molecule has 1 unspecified atom stereocenters. The predicted octanol–water partition coefficient (Wildman–Crippen LogP) is 5.96. The third-order valence-electron chi connectivity index (χ3n) is 5.99. The summed E-state index contributed by atoms with van der Waals surface area (Å²) in [5.41, 5.74) is 1.20. The van der Waals surface area contributed by atoms with Crippen molar-refractivity contribution in [2.24, 2.45) is 17.3 Å². The van der Waals surface area contributed by atoms with Gasteiger partial charge in [0.25, 0.3) is 0 Å². The predicted molar refractivity (Wildman–Crippen MR) is 125 cm³/mol. The van der Waals surface area contributed by atoms with Crippen LogP contribution in [0.3, 0.4) is 0 Å². The lowest BCUT2D eigenvalue weighted by molar-refractivity contribution is -0.122. The topological polar surface area (TPSA) is 49.4 Å². The van der Waals surface area contributed by atoms with Gasteiger partial charge in [-0.1, -0.05) is 71.6 Å². The van der Waals surface area contributed by atoms with Gasteiger partial charge >= 0.3 is 0 Å². The van der Waals surface area contributed by atoms with Crippen LogP contribution in [0, 0.1) is 17.3 Å². The van der Waals surface area contributed by atoms with Crippen molar-refractivity contribution in [1.29, 1.82) is 0 Å². The van der Waals surface area contributed by atoms with Crippen molar-refractivity contribution in [3.8, 4) is 0 Å². The van der Waals surface area contributed by atoms with Gasteiger partial charge in [0.05, 0.1) is 0 Å². The summed E-state index contributed by atoms with van der Waals surface area (Å²) in [7, 11) is 0. The van der Waals surface area contributed by atoms with Gasteiger partial charge in [-0.15, -0.1) is 0 Å². The SMILES string of the molecule is CC(CC(=O)NCCCN(C(=O)CCC1CCCC1)c1ccccc1)CC(C)(C)C. The second kappa shape index (κ2) is 12.1. The van der Waals surface area contributed by atoms with E-state index in [0.29, 0.717) is 31.8 Å². The van der Waals surface area contributed by atoms with E-state index >= 15 is 0 Å². The van der Waals surface area contributed by atoms with E-state index in [4.69, 9.17) is 0 Å². The summed E-state index contributed by atoms with van der Waals surface area (Å²) in [5, 5.41) is 3.04. The van der Waals surface area contributed by atoms with Crippen molar-refractivity contribution in [3.05, 3.63) is 30.3 Å². The molecule has 1 aromatic rings. The molecule has 168 valence electrons. The molecule has 0 bridgehead atoms. The second-order valence-electron chi connectivity index (χ2n) is 10.3. The molecule has 1 aliphatic rings. The van der Waals surface area contributed by atoms with Crippen molar-refractivity contribution in [1.82, 2.24) is 5.32 Å². The molecule has 0 aromatic heterocycles. The molecule has 0 heterocycles. The molecule has 0 saturated heterocycles. The van der Waals surface area contributed by atoms with E-state index in [0.717, 1.165) is 30.9 Å². The molecular weight excluding hydrogens is 372 g/mol. The Balaban J connectivity index is 1.78. The van der Waals surface area contributed by atoms with Crippen LogP contribution in [0.2, 0.25) is 0 Å². The Morgan fingerprint density at radius 3 is 2.43 bits per heavy atom. The Bertz CT molecular complexity index is 645. The third kappa shape index (κ3) is 9.32. The Morgan fingerprint density at radius 1 is 1.13 bits per heavy atom. The minimum Gasteiger partial charge on any atom is -0.356 e. The molecular formula is C26H42N2O2. The molecule has 4 heteroatoms. The number of anilines is 1. The number of hydrogen-bond acceptors (Lipinski definition) is 2. The number of amides is 2. The molecule has 4 nitrogen and oxygen atoms in total. The zero-order valence-electron chi connectivity index (χ0n) is 19.6. The fourth-order valence-corrected chi connectivity index (χ4v) is 4.74. The molecule has 1 atom stereocenters. The van der Waals surface area contributed by atoms with Crippen LogP contribution in [0.1, 0.15) is 85.5 Å². The minimum absolute atomic E-state index is 0.116. The quantitative estimate of drug-likeness (QED) is 0.454. The Labute approximate surface area is 183 Å². The van der Waals surface area contributed by atoms with Gasteiger partial charge in [0, 0.05) is 31.6 Å². The van der Waals surface area contributed by atoms with Crippen molar-refractivity contribution < 1.29 is 9.59 Å². The van der Waals surface area contributed by atoms with Crippen molar-refractivity contribution in [2.75, 3.05) is 18.0 Å². The number of rotatable bonds is 11. The van der Waals surface area contributed by atoms with Gasteiger partial charge in [0.2, 0.25) is 11.8 Å². The minimum atomic E-state index is 0.116. The molecule has 1 aromatic carbocycles. The van der Waals surface area contributed by atoms with E-state index in [1.807, 2.05) is 35.2 Å². The van der Waals surface area contributed by atoms with Gasteiger partial charge in [-0.2, -0.15) is 0 Å². The summed E-state index contributed by atoms with van der Waals surface area (Å²) < 4.78 is 0. The number of carbonyl (C=O) groups is 2. The lowest BCUT2D eigenvalue weighted by Gasteiger charge is -2.24. The number of carbonyl (C=O) groups excluding carboxylic acids is 2. The average Bonchev–Trinajstić information content (AvgIpc) is 3.19. The van der Waals surface area contributed by atoms with Crippen LogP contribution < -0.4 is 10.2 Å².